The molecule has 0 unspecified atom stereocenters. The van der Waals surface area contributed by atoms with E-state index in [9.17, 15) is 9.59 Å². The Kier molecular flexibility index (Phi) is 8.98. The molecule has 35 heavy (non-hydrogen) atoms. The minimum atomic E-state index is -0.213. The predicted molar refractivity (Wildman–Crippen MR) is 140 cm³/mol. The third kappa shape index (κ3) is 7.58. The molecule has 0 radical (unpaired) electrons. The second kappa shape index (κ2) is 11.7. The zero-order valence-electron chi connectivity index (χ0n) is 22.3. The molecular formula is C28H42N4O3. The fraction of sp³-hybridized carbons (Fsp3) is 0.607. The Morgan fingerprint density at radius 1 is 1.17 bits per heavy atom. The van der Waals surface area contributed by atoms with Crippen LogP contribution in [0.5, 0.6) is 5.75 Å². The van der Waals surface area contributed by atoms with Crippen molar-refractivity contribution in [2.45, 2.75) is 78.6 Å². The van der Waals surface area contributed by atoms with Crippen molar-refractivity contribution in [3.05, 3.63) is 36.0 Å². The molecule has 1 aromatic carbocycles. The highest BCUT2D eigenvalue weighted by molar-refractivity contribution is 5.94. The summed E-state index contributed by atoms with van der Waals surface area (Å²) in [4.78, 5) is 27.9. The summed E-state index contributed by atoms with van der Waals surface area (Å²) in [6.07, 6.45) is 6.44. The Bertz CT molecular complexity index is 983. The van der Waals surface area contributed by atoms with Gasteiger partial charge in [0.05, 0.1) is 25.0 Å². The van der Waals surface area contributed by atoms with E-state index in [0.717, 1.165) is 23.6 Å². The van der Waals surface area contributed by atoms with E-state index in [-0.39, 0.29) is 29.7 Å². The number of ether oxygens (including phenoxy) is 1. The number of aromatic nitrogens is 2. The van der Waals surface area contributed by atoms with Gasteiger partial charge in [-0.05, 0) is 42.5 Å². The summed E-state index contributed by atoms with van der Waals surface area (Å²) in [5.41, 5.74) is 1.51. The van der Waals surface area contributed by atoms with E-state index in [1.807, 2.05) is 30.3 Å². The molecule has 7 nitrogen and oxygen atoms in total. The van der Waals surface area contributed by atoms with Crippen LogP contribution in [0, 0.1) is 11.8 Å². The number of anilines is 1. The predicted octanol–water partition coefficient (Wildman–Crippen LogP) is 5.57. The highest BCUT2D eigenvalue weighted by Crippen LogP contribution is 2.29. The van der Waals surface area contributed by atoms with E-state index in [0.29, 0.717) is 24.7 Å². The molecule has 1 N–H and O–H groups in total. The summed E-state index contributed by atoms with van der Waals surface area (Å²) in [6, 6.07) is 9.47. The van der Waals surface area contributed by atoms with Crippen molar-refractivity contribution < 1.29 is 14.3 Å². The minimum absolute atomic E-state index is 0.0420. The summed E-state index contributed by atoms with van der Waals surface area (Å²) in [5.74, 6) is 2.14. The van der Waals surface area contributed by atoms with Crippen LogP contribution in [0.1, 0.15) is 78.8 Å². The fourth-order valence-corrected chi connectivity index (χ4v) is 4.59. The molecule has 2 amide bonds. The van der Waals surface area contributed by atoms with Gasteiger partial charge in [0.2, 0.25) is 11.8 Å². The van der Waals surface area contributed by atoms with Gasteiger partial charge in [-0.15, -0.1) is 0 Å². The average molecular weight is 483 g/mol. The largest absolute Gasteiger partial charge is 0.497 e. The first-order valence-electron chi connectivity index (χ1n) is 12.9. The number of carbonyl (C=O) groups excluding carboxylic acids is 2. The second-order valence-electron chi connectivity index (χ2n) is 11.2. The van der Waals surface area contributed by atoms with Crippen LogP contribution in [0.15, 0.2) is 30.3 Å². The van der Waals surface area contributed by atoms with Crippen LogP contribution in [-0.4, -0.2) is 46.7 Å². The first kappa shape index (κ1) is 26.8. The van der Waals surface area contributed by atoms with E-state index in [1.165, 1.54) is 25.7 Å². The number of hydrogen-bond donors (Lipinski definition) is 1. The van der Waals surface area contributed by atoms with Crippen molar-refractivity contribution >= 4 is 17.6 Å². The average Bonchev–Trinajstić information content (AvgIpc) is 3.46. The molecule has 7 heteroatoms. The molecule has 1 aliphatic rings. The van der Waals surface area contributed by atoms with Crippen LogP contribution in [0.25, 0.3) is 5.69 Å². The van der Waals surface area contributed by atoms with Crippen molar-refractivity contribution in [1.29, 1.82) is 0 Å². The van der Waals surface area contributed by atoms with Crippen LogP contribution in [0.3, 0.4) is 0 Å². The Morgan fingerprint density at radius 2 is 1.83 bits per heavy atom. The number of nitrogens with zero attached hydrogens (tertiary/aromatic N) is 3. The van der Waals surface area contributed by atoms with Gasteiger partial charge in [0.25, 0.3) is 0 Å². The number of hydrogen-bond acceptors (Lipinski definition) is 4. The van der Waals surface area contributed by atoms with Gasteiger partial charge in [-0.3, -0.25) is 9.59 Å². The summed E-state index contributed by atoms with van der Waals surface area (Å²) >= 11 is 0. The van der Waals surface area contributed by atoms with Crippen LogP contribution in [0.2, 0.25) is 0 Å². The normalized spacial score (nSPS) is 14.4. The Hall–Kier alpha value is -2.83. The van der Waals surface area contributed by atoms with E-state index < -0.39 is 0 Å². The van der Waals surface area contributed by atoms with Gasteiger partial charge in [0, 0.05) is 24.4 Å². The summed E-state index contributed by atoms with van der Waals surface area (Å²) in [7, 11) is 1.63. The summed E-state index contributed by atoms with van der Waals surface area (Å²) in [5, 5.41) is 7.80. The summed E-state index contributed by atoms with van der Waals surface area (Å²) in [6.45, 7) is 11.0. The molecule has 2 aromatic rings. The zero-order valence-corrected chi connectivity index (χ0v) is 22.3. The Balaban J connectivity index is 1.75. The van der Waals surface area contributed by atoms with E-state index in [4.69, 9.17) is 9.84 Å². The quantitative estimate of drug-likeness (QED) is 0.480. The topological polar surface area (TPSA) is 76.5 Å². The Labute approximate surface area is 210 Å². The smallest absolute Gasteiger partial charge is 0.245 e. The van der Waals surface area contributed by atoms with E-state index in [1.54, 1.807) is 16.7 Å². The van der Waals surface area contributed by atoms with Crippen molar-refractivity contribution in [3.8, 4) is 11.4 Å². The molecular weight excluding hydrogens is 440 g/mol. The number of amides is 2. The molecule has 0 bridgehead atoms. The van der Waals surface area contributed by atoms with Crippen molar-refractivity contribution in [1.82, 2.24) is 14.7 Å². The molecule has 1 fully saturated rings. The SMILES string of the molecule is COc1ccc(-n2nc(C(C)(C)C)cc2NC(=O)CN(CC(C)C)C(=O)CCC2CCCC2)cc1. The van der Waals surface area contributed by atoms with Crippen LogP contribution in [-0.2, 0) is 15.0 Å². The highest BCUT2D eigenvalue weighted by atomic mass is 16.5. The van der Waals surface area contributed by atoms with Gasteiger partial charge >= 0.3 is 0 Å². The van der Waals surface area contributed by atoms with Gasteiger partial charge in [0.1, 0.15) is 11.6 Å². The first-order chi connectivity index (χ1) is 16.6. The van der Waals surface area contributed by atoms with Crippen LogP contribution < -0.4 is 10.1 Å². The molecule has 1 aliphatic carbocycles. The third-order valence-electron chi connectivity index (χ3n) is 6.58. The standard InChI is InChI=1S/C28H42N4O3/c1-20(2)18-31(27(34)16-11-21-9-7-8-10-21)19-26(33)29-25-17-24(28(3,4)5)30-32(25)22-12-14-23(35-6)15-13-22/h12-15,17,20-21H,7-11,16,18-19H2,1-6H3,(H,29,33). The summed E-state index contributed by atoms with van der Waals surface area (Å²) < 4.78 is 7.02. The minimum Gasteiger partial charge on any atom is -0.497 e. The van der Waals surface area contributed by atoms with Crippen molar-refractivity contribution in [2.24, 2.45) is 11.8 Å². The lowest BCUT2D eigenvalue weighted by Crippen LogP contribution is -2.40. The monoisotopic (exact) mass is 482 g/mol. The van der Waals surface area contributed by atoms with Gasteiger partial charge in [-0.25, -0.2) is 4.68 Å². The molecule has 1 aromatic heterocycles. The third-order valence-corrected chi connectivity index (χ3v) is 6.58. The second-order valence-corrected chi connectivity index (χ2v) is 11.2. The molecule has 0 atom stereocenters. The van der Waals surface area contributed by atoms with Gasteiger partial charge in [-0.2, -0.15) is 5.10 Å². The van der Waals surface area contributed by atoms with Crippen molar-refractivity contribution in [2.75, 3.05) is 25.5 Å². The number of methoxy groups -OCH3 is 1. The Morgan fingerprint density at radius 3 is 2.40 bits per heavy atom. The maximum Gasteiger partial charge on any atom is 0.245 e. The van der Waals surface area contributed by atoms with Crippen LogP contribution >= 0.6 is 0 Å². The highest BCUT2D eigenvalue weighted by Gasteiger charge is 2.24. The molecule has 0 aliphatic heterocycles. The number of benzene rings is 1. The lowest BCUT2D eigenvalue weighted by Gasteiger charge is -2.25. The van der Waals surface area contributed by atoms with E-state index >= 15 is 0 Å². The molecule has 3 rings (SSSR count). The van der Waals surface area contributed by atoms with Gasteiger partial charge in [0.15, 0.2) is 0 Å². The first-order valence-corrected chi connectivity index (χ1v) is 12.9. The van der Waals surface area contributed by atoms with Gasteiger partial charge < -0.3 is 15.0 Å². The molecule has 0 saturated heterocycles. The van der Waals surface area contributed by atoms with Crippen molar-refractivity contribution in [3.63, 3.8) is 0 Å². The maximum absolute atomic E-state index is 13.1. The number of nitrogens with one attached hydrogen (secondary N) is 1. The lowest BCUT2D eigenvalue weighted by atomic mass is 9.92. The lowest BCUT2D eigenvalue weighted by molar-refractivity contribution is -0.135. The fourth-order valence-electron chi connectivity index (χ4n) is 4.59. The molecule has 0 spiro atoms. The molecule has 1 heterocycles. The molecule has 1 saturated carbocycles. The zero-order chi connectivity index (χ0) is 25.6. The van der Waals surface area contributed by atoms with E-state index in [2.05, 4.69) is 39.9 Å². The van der Waals surface area contributed by atoms with Gasteiger partial charge in [-0.1, -0.05) is 60.3 Å². The van der Waals surface area contributed by atoms with Crippen LogP contribution in [0.4, 0.5) is 5.82 Å². The number of rotatable bonds is 10. The maximum atomic E-state index is 13.1. The molecule has 192 valence electrons. The number of carbonyl (C=O) groups is 2.